The maximum atomic E-state index is 11.4. The standard InChI is InChI=1S/C15H16N2O2/c1-2-10-16-14(18)8-9-15-17-11-13(19-15)12-6-4-3-5-7-12/h2-7,11H,1,8-10H2,(H,16,18). The minimum Gasteiger partial charge on any atom is -0.441 e. The van der Waals surface area contributed by atoms with Gasteiger partial charge in [-0.25, -0.2) is 4.98 Å². The van der Waals surface area contributed by atoms with E-state index in [9.17, 15) is 4.79 Å². The van der Waals surface area contributed by atoms with Gasteiger partial charge in [-0.05, 0) is 0 Å². The molecule has 19 heavy (non-hydrogen) atoms. The van der Waals surface area contributed by atoms with Crippen LogP contribution in [0.1, 0.15) is 12.3 Å². The van der Waals surface area contributed by atoms with E-state index >= 15 is 0 Å². The van der Waals surface area contributed by atoms with Crippen molar-refractivity contribution < 1.29 is 9.21 Å². The van der Waals surface area contributed by atoms with Gasteiger partial charge in [0, 0.05) is 24.9 Å². The average molecular weight is 256 g/mol. The lowest BCUT2D eigenvalue weighted by Gasteiger charge is -1.99. The summed E-state index contributed by atoms with van der Waals surface area (Å²) >= 11 is 0. The smallest absolute Gasteiger partial charge is 0.220 e. The first-order valence-corrected chi connectivity index (χ1v) is 6.17. The summed E-state index contributed by atoms with van der Waals surface area (Å²) in [4.78, 5) is 15.6. The Morgan fingerprint density at radius 1 is 1.37 bits per heavy atom. The Labute approximate surface area is 112 Å². The van der Waals surface area contributed by atoms with Gasteiger partial charge in [0.1, 0.15) is 0 Å². The highest BCUT2D eigenvalue weighted by atomic mass is 16.4. The Bertz CT molecular complexity index is 546. The van der Waals surface area contributed by atoms with Crippen LogP contribution >= 0.6 is 0 Å². The maximum Gasteiger partial charge on any atom is 0.220 e. The van der Waals surface area contributed by atoms with Gasteiger partial charge < -0.3 is 9.73 Å². The lowest BCUT2D eigenvalue weighted by molar-refractivity contribution is -0.120. The summed E-state index contributed by atoms with van der Waals surface area (Å²) in [5, 5.41) is 2.71. The van der Waals surface area contributed by atoms with Crippen LogP contribution in [0.5, 0.6) is 0 Å². The number of aromatic nitrogens is 1. The summed E-state index contributed by atoms with van der Waals surface area (Å²) < 4.78 is 5.61. The number of aryl methyl sites for hydroxylation is 1. The fraction of sp³-hybridized carbons (Fsp3) is 0.200. The van der Waals surface area contributed by atoms with Gasteiger partial charge in [0.2, 0.25) is 5.91 Å². The Balaban J connectivity index is 1.91. The second-order valence-electron chi connectivity index (χ2n) is 4.08. The highest BCUT2D eigenvalue weighted by Gasteiger charge is 2.08. The van der Waals surface area contributed by atoms with Crippen LogP contribution < -0.4 is 5.32 Å². The number of carbonyl (C=O) groups is 1. The average Bonchev–Trinajstić information content (AvgIpc) is 2.93. The lowest BCUT2D eigenvalue weighted by atomic mass is 10.2. The predicted molar refractivity (Wildman–Crippen MR) is 73.5 cm³/mol. The van der Waals surface area contributed by atoms with Crippen molar-refractivity contribution in [1.29, 1.82) is 0 Å². The molecule has 0 atom stereocenters. The molecule has 0 saturated heterocycles. The summed E-state index contributed by atoms with van der Waals surface area (Å²) in [7, 11) is 0. The van der Waals surface area contributed by atoms with E-state index in [0.29, 0.717) is 25.3 Å². The van der Waals surface area contributed by atoms with Crippen LogP contribution in [0.15, 0.2) is 53.6 Å². The molecule has 1 N–H and O–H groups in total. The number of hydrogen-bond donors (Lipinski definition) is 1. The molecule has 1 amide bonds. The summed E-state index contributed by atoms with van der Waals surface area (Å²) in [6.07, 6.45) is 4.20. The topological polar surface area (TPSA) is 55.1 Å². The molecule has 0 spiro atoms. The van der Waals surface area contributed by atoms with Crippen molar-refractivity contribution >= 4 is 5.91 Å². The van der Waals surface area contributed by atoms with Crippen molar-refractivity contribution in [3.8, 4) is 11.3 Å². The number of amides is 1. The van der Waals surface area contributed by atoms with Crippen LogP contribution in [0, 0.1) is 0 Å². The van der Waals surface area contributed by atoms with E-state index in [0.717, 1.165) is 11.3 Å². The van der Waals surface area contributed by atoms with Crippen molar-refractivity contribution in [2.75, 3.05) is 6.54 Å². The van der Waals surface area contributed by atoms with Crippen LogP contribution in [-0.4, -0.2) is 17.4 Å². The normalized spacial score (nSPS) is 10.1. The third kappa shape index (κ3) is 3.81. The van der Waals surface area contributed by atoms with Crippen LogP contribution in [0.2, 0.25) is 0 Å². The van der Waals surface area contributed by atoms with Gasteiger partial charge in [-0.15, -0.1) is 6.58 Å². The molecule has 2 aromatic rings. The lowest BCUT2D eigenvalue weighted by Crippen LogP contribution is -2.23. The molecule has 4 heteroatoms. The van der Waals surface area contributed by atoms with Gasteiger partial charge in [-0.2, -0.15) is 0 Å². The van der Waals surface area contributed by atoms with E-state index in [-0.39, 0.29) is 5.91 Å². The number of oxazole rings is 1. The van der Waals surface area contributed by atoms with Crippen molar-refractivity contribution in [1.82, 2.24) is 10.3 Å². The summed E-state index contributed by atoms with van der Waals surface area (Å²) in [5.74, 6) is 1.27. The second kappa shape index (κ2) is 6.54. The molecule has 0 aliphatic carbocycles. The summed E-state index contributed by atoms with van der Waals surface area (Å²) in [5.41, 5.74) is 0.984. The van der Waals surface area contributed by atoms with E-state index < -0.39 is 0 Å². The molecule has 0 aliphatic rings. The Morgan fingerprint density at radius 3 is 2.89 bits per heavy atom. The van der Waals surface area contributed by atoms with E-state index in [4.69, 9.17) is 4.42 Å². The molecule has 0 saturated carbocycles. The van der Waals surface area contributed by atoms with Crippen LogP contribution in [-0.2, 0) is 11.2 Å². The number of nitrogens with one attached hydrogen (secondary N) is 1. The van der Waals surface area contributed by atoms with Gasteiger partial charge in [0.15, 0.2) is 11.7 Å². The monoisotopic (exact) mass is 256 g/mol. The summed E-state index contributed by atoms with van der Waals surface area (Å²) in [6.45, 7) is 4.03. The molecular weight excluding hydrogens is 240 g/mol. The predicted octanol–water partition coefficient (Wildman–Crippen LogP) is 2.58. The first-order valence-electron chi connectivity index (χ1n) is 6.17. The van der Waals surface area contributed by atoms with Gasteiger partial charge in [0.25, 0.3) is 0 Å². The first kappa shape index (κ1) is 13.1. The Hall–Kier alpha value is -2.36. The fourth-order valence-corrected chi connectivity index (χ4v) is 1.66. The van der Waals surface area contributed by atoms with E-state index in [2.05, 4.69) is 16.9 Å². The van der Waals surface area contributed by atoms with Gasteiger partial charge in [0.05, 0.1) is 6.20 Å². The van der Waals surface area contributed by atoms with E-state index in [1.54, 1.807) is 12.3 Å². The molecule has 0 unspecified atom stereocenters. The van der Waals surface area contributed by atoms with Crippen molar-refractivity contribution in [2.24, 2.45) is 0 Å². The largest absolute Gasteiger partial charge is 0.441 e. The molecule has 0 fully saturated rings. The van der Waals surface area contributed by atoms with Crippen LogP contribution in [0.25, 0.3) is 11.3 Å². The highest BCUT2D eigenvalue weighted by molar-refractivity contribution is 5.76. The van der Waals surface area contributed by atoms with Gasteiger partial charge in [-0.3, -0.25) is 4.79 Å². The Kier molecular flexibility index (Phi) is 4.50. The number of carbonyl (C=O) groups excluding carboxylic acids is 1. The van der Waals surface area contributed by atoms with E-state index in [1.807, 2.05) is 30.3 Å². The molecule has 1 heterocycles. The zero-order valence-electron chi connectivity index (χ0n) is 10.6. The molecule has 2 rings (SSSR count). The minimum atomic E-state index is -0.0284. The van der Waals surface area contributed by atoms with Crippen LogP contribution in [0.4, 0.5) is 0 Å². The molecule has 0 bridgehead atoms. The molecule has 0 radical (unpaired) electrons. The number of nitrogens with zero attached hydrogens (tertiary/aromatic N) is 1. The zero-order chi connectivity index (χ0) is 13.5. The molecule has 4 nitrogen and oxygen atoms in total. The molecule has 98 valence electrons. The number of rotatable bonds is 6. The van der Waals surface area contributed by atoms with Gasteiger partial charge >= 0.3 is 0 Å². The van der Waals surface area contributed by atoms with Crippen molar-refractivity contribution in [3.63, 3.8) is 0 Å². The third-order valence-electron chi connectivity index (χ3n) is 2.62. The second-order valence-corrected chi connectivity index (χ2v) is 4.08. The van der Waals surface area contributed by atoms with Crippen molar-refractivity contribution in [3.05, 3.63) is 55.1 Å². The third-order valence-corrected chi connectivity index (χ3v) is 2.62. The number of hydrogen-bond acceptors (Lipinski definition) is 3. The molecule has 1 aromatic carbocycles. The molecule has 1 aromatic heterocycles. The molecular formula is C15H16N2O2. The first-order chi connectivity index (χ1) is 9.29. The SMILES string of the molecule is C=CCNC(=O)CCc1ncc(-c2ccccc2)o1. The Morgan fingerprint density at radius 2 is 2.16 bits per heavy atom. The van der Waals surface area contributed by atoms with Crippen molar-refractivity contribution in [2.45, 2.75) is 12.8 Å². The van der Waals surface area contributed by atoms with Gasteiger partial charge in [-0.1, -0.05) is 36.4 Å². The summed E-state index contributed by atoms with van der Waals surface area (Å²) in [6, 6.07) is 9.76. The van der Waals surface area contributed by atoms with Crippen LogP contribution in [0.3, 0.4) is 0 Å². The molecule has 0 aliphatic heterocycles. The fourth-order valence-electron chi connectivity index (χ4n) is 1.66. The highest BCUT2D eigenvalue weighted by Crippen LogP contribution is 2.20. The minimum absolute atomic E-state index is 0.0284. The maximum absolute atomic E-state index is 11.4. The quantitative estimate of drug-likeness (QED) is 0.808. The van der Waals surface area contributed by atoms with E-state index in [1.165, 1.54) is 0 Å². The zero-order valence-corrected chi connectivity index (χ0v) is 10.6. The number of benzene rings is 1.